The molecule has 0 unspecified atom stereocenters. The number of nitrogens with one attached hydrogen (secondary N) is 1. The molecular weight excluding hydrogens is 394 g/mol. The Kier molecular flexibility index (Phi) is 6.48. The molecule has 2 aromatic heterocycles. The van der Waals surface area contributed by atoms with E-state index in [1.807, 2.05) is 6.07 Å². The number of aliphatic hydroxyl groups excluding tert-OH is 1. The van der Waals surface area contributed by atoms with Crippen molar-refractivity contribution >= 4 is 22.6 Å². The smallest absolute Gasteiger partial charge is 0.225 e. The molecule has 8 heteroatoms. The van der Waals surface area contributed by atoms with Crippen molar-refractivity contribution in [3.8, 4) is 5.75 Å². The second-order valence-corrected chi connectivity index (χ2v) is 8.06. The van der Waals surface area contributed by atoms with Crippen LogP contribution in [0.3, 0.4) is 0 Å². The van der Waals surface area contributed by atoms with E-state index in [9.17, 15) is 4.79 Å². The van der Waals surface area contributed by atoms with Gasteiger partial charge in [0, 0.05) is 56.2 Å². The zero-order valence-electron chi connectivity index (χ0n) is 18.0. The number of aromatic nitrogens is 3. The van der Waals surface area contributed by atoms with Crippen LogP contribution in [0.25, 0.3) is 10.9 Å². The number of benzene rings is 1. The van der Waals surface area contributed by atoms with Crippen LogP contribution in [0.5, 0.6) is 5.75 Å². The highest BCUT2D eigenvalue weighted by Gasteiger charge is 2.21. The predicted octanol–water partition coefficient (Wildman–Crippen LogP) is 2.16. The number of rotatable bonds is 8. The Morgan fingerprint density at radius 2 is 2.00 bits per heavy atom. The first-order chi connectivity index (χ1) is 15.1. The third-order valence-corrected chi connectivity index (χ3v) is 6.03. The van der Waals surface area contributed by atoms with E-state index in [1.54, 1.807) is 7.11 Å². The highest BCUT2D eigenvalue weighted by atomic mass is 16.5. The number of fused-ring (bicyclic) bond motifs is 1. The van der Waals surface area contributed by atoms with Gasteiger partial charge in [-0.25, -0.2) is 9.97 Å². The molecule has 1 saturated heterocycles. The number of hydrogen-bond donors (Lipinski definition) is 2. The van der Waals surface area contributed by atoms with Crippen LogP contribution in [0.15, 0.2) is 36.8 Å². The summed E-state index contributed by atoms with van der Waals surface area (Å²) in [7, 11) is 3.77. The average Bonchev–Trinajstić information content (AvgIpc) is 3.13. The molecular formula is C23H29N5O3. The third-order valence-electron chi connectivity index (χ3n) is 6.03. The molecule has 3 aromatic rings. The van der Waals surface area contributed by atoms with Gasteiger partial charge in [-0.15, -0.1) is 0 Å². The third kappa shape index (κ3) is 4.70. The van der Waals surface area contributed by atoms with Crippen molar-refractivity contribution in [1.82, 2.24) is 19.9 Å². The first-order valence-corrected chi connectivity index (χ1v) is 10.6. The summed E-state index contributed by atoms with van der Waals surface area (Å²) in [5, 5.41) is 13.8. The van der Waals surface area contributed by atoms with Crippen LogP contribution in [0.2, 0.25) is 0 Å². The Hall–Kier alpha value is -2.97. The number of methoxy groups -OCH3 is 1. The molecule has 1 fully saturated rings. The van der Waals surface area contributed by atoms with Crippen LogP contribution >= 0.6 is 0 Å². The zero-order valence-corrected chi connectivity index (χ0v) is 18.0. The predicted molar refractivity (Wildman–Crippen MR) is 120 cm³/mol. The summed E-state index contributed by atoms with van der Waals surface area (Å²) < 4.78 is 7.54. The van der Waals surface area contributed by atoms with Crippen molar-refractivity contribution in [1.29, 1.82) is 0 Å². The van der Waals surface area contributed by atoms with E-state index >= 15 is 0 Å². The van der Waals surface area contributed by atoms with Crippen molar-refractivity contribution in [3.05, 3.63) is 47.9 Å². The highest BCUT2D eigenvalue weighted by Crippen LogP contribution is 2.26. The molecule has 4 rings (SSSR count). The molecule has 1 aliphatic rings. The quantitative estimate of drug-likeness (QED) is 0.537. The van der Waals surface area contributed by atoms with E-state index in [-0.39, 0.29) is 5.78 Å². The number of Topliss-reactive ketones (excluding diaryl/α,β-unsaturated/α-hetero) is 1. The Morgan fingerprint density at radius 1 is 1.26 bits per heavy atom. The van der Waals surface area contributed by atoms with E-state index < -0.39 is 6.61 Å². The van der Waals surface area contributed by atoms with Crippen LogP contribution in [-0.4, -0.2) is 58.8 Å². The fraction of sp³-hybridized carbons (Fsp3) is 0.435. The lowest BCUT2D eigenvalue weighted by Gasteiger charge is -2.32. The lowest BCUT2D eigenvalue weighted by molar-refractivity contribution is 0.0903. The molecule has 1 aromatic carbocycles. The van der Waals surface area contributed by atoms with Gasteiger partial charge in [-0.3, -0.25) is 4.79 Å². The van der Waals surface area contributed by atoms with Crippen LogP contribution in [-0.2, 0) is 13.6 Å². The summed E-state index contributed by atoms with van der Waals surface area (Å²) >= 11 is 0. The fourth-order valence-corrected chi connectivity index (χ4v) is 4.19. The number of ether oxygens (including phenoxy) is 1. The van der Waals surface area contributed by atoms with Crippen LogP contribution in [0, 0.1) is 5.92 Å². The first kappa shape index (κ1) is 21.3. The van der Waals surface area contributed by atoms with E-state index in [0.29, 0.717) is 17.4 Å². The summed E-state index contributed by atoms with van der Waals surface area (Å²) in [6.45, 7) is 3.07. The monoisotopic (exact) mass is 423 g/mol. The number of ketones is 1. The highest BCUT2D eigenvalue weighted by molar-refractivity contribution is 5.96. The summed E-state index contributed by atoms with van der Waals surface area (Å²) in [5.74, 6) is 1.77. The number of nitrogens with zero attached hydrogens (tertiary/aromatic N) is 4. The van der Waals surface area contributed by atoms with Gasteiger partial charge in [0.25, 0.3) is 0 Å². The van der Waals surface area contributed by atoms with E-state index in [1.165, 1.54) is 28.9 Å². The normalized spacial score (nSPS) is 14.9. The second-order valence-electron chi connectivity index (χ2n) is 8.06. The number of hydrogen-bond acceptors (Lipinski definition) is 7. The van der Waals surface area contributed by atoms with Gasteiger partial charge in [0.1, 0.15) is 12.4 Å². The Labute approximate surface area is 181 Å². The number of anilines is 1. The molecule has 0 amide bonds. The van der Waals surface area contributed by atoms with Crippen molar-refractivity contribution in [3.63, 3.8) is 0 Å². The topological polar surface area (TPSA) is 92.5 Å². The lowest BCUT2D eigenvalue weighted by Crippen LogP contribution is -2.38. The molecule has 2 N–H and O–H groups in total. The van der Waals surface area contributed by atoms with Crippen molar-refractivity contribution < 1.29 is 14.6 Å². The Balaban J connectivity index is 1.28. The Bertz CT molecular complexity index is 1040. The van der Waals surface area contributed by atoms with E-state index in [2.05, 4.69) is 50.1 Å². The minimum Gasteiger partial charge on any atom is -0.497 e. The van der Waals surface area contributed by atoms with E-state index in [0.717, 1.165) is 44.8 Å². The van der Waals surface area contributed by atoms with Crippen LogP contribution < -0.4 is 15.0 Å². The largest absolute Gasteiger partial charge is 0.497 e. The maximum absolute atomic E-state index is 11.5. The van der Waals surface area contributed by atoms with Gasteiger partial charge in [-0.2, -0.15) is 0 Å². The molecule has 8 nitrogen and oxygen atoms in total. The molecule has 0 atom stereocenters. The first-order valence-electron chi connectivity index (χ1n) is 10.6. The molecule has 0 bridgehead atoms. The summed E-state index contributed by atoms with van der Waals surface area (Å²) in [6, 6.07) is 6.20. The summed E-state index contributed by atoms with van der Waals surface area (Å²) in [5.41, 5.74) is 2.83. The van der Waals surface area contributed by atoms with Gasteiger partial charge in [0.05, 0.1) is 12.7 Å². The van der Waals surface area contributed by atoms with Crippen LogP contribution in [0.4, 0.5) is 5.95 Å². The van der Waals surface area contributed by atoms with Crippen molar-refractivity contribution in [2.45, 2.75) is 19.4 Å². The van der Waals surface area contributed by atoms with Gasteiger partial charge in [0.2, 0.25) is 5.95 Å². The molecule has 31 heavy (non-hydrogen) atoms. The molecule has 0 saturated carbocycles. The van der Waals surface area contributed by atoms with Crippen molar-refractivity contribution in [2.75, 3.05) is 38.3 Å². The number of piperidine rings is 1. The maximum Gasteiger partial charge on any atom is 0.225 e. The van der Waals surface area contributed by atoms with Crippen molar-refractivity contribution in [2.24, 2.45) is 13.0 Å². The number of aliphatic hydroxyl groups is 1. The fourth-order valence-electron chi connectivity index (χ4n) is 4.19. The van der Waals surface area contributed by atoms with E-state index in [4.69, 9.17) is 9.84 Å². The SMILES string of the molecule is COc1ccc2c(c1)c(CNCC1CCN(c3ncc(C(=O)CO)cn3)CC1)cn2C. The van der Waals surface area contributed by atoms with Crippen LogP contribution in [0.1, 0.15) is 28.8 Å². The molecule has 3 heterocycles. The summed E-state index contributed by atoms with van der Waals surface area (Å²) in [6.07, 6.45) is 7.30. The standard InChI is InChI=1S/C23H29N5O3/c1-27-14-18(20-9-19(31-2)3-4-21(20)27)11-24-10-16-5-7-28(8-6-16)23-25-12-17(13-26-23)22(30)15-29/h3-4,9,12-14,16,24,29H,5-8,10-11,15H2,1-2H3. The molecule has 1 aliphatic heterocycles. The number of aryl methyl sites for hydroxylation is 1. The molecule has 164 valence electrons. The average molecular weight is 424 g/mol. The minimum atomic E-state index is -0.520. The van der Waals surface area contributed by atoms with Gasteiger partial charge >= 0.3 is 0 Å². The minimum absolute atomic E-state index is 0.344. The molecule has 0 spiro atoms. The lowest BCUT2D eigenvalue weighted by atomic mass is 9.97. The second kappa shape index (κ2) is 9.45. The number of carbonyl (C=O) groups excluding carboxylic acids is 1. The Morgan fingerprint density at radius 3 is 2.68 bits per heavy atom. The molecule has 0 radical (unpaired) electrons. The van der Waals surface area contributed by atoms with Gasteiger partial charge in [-0.1, -0.05) is 0 Å². The number of carbonyl (C=O) groups is 1. The summed E-state index contributed by atoms with van der Waals surface area (Å²) in [4.78, 5) is 22.2. The maximum atomic E-state index is 11.5. The molecule has 0 aliphatic carbocycles. The van der Waals surface area contributed by atoms with Gasteiger partial charge in [-0.05, 0) is 49.1 Å². The zero-order chi connectivity index (χ0) is 21.8. The van der Waals surface area contributed by atoms with Gasteiger partial charge in [0.15, 0.2) is 5.78 Å². The van der Waals surface area contributed by atoms with Gasteiger partial charge < -0.3 is 24.6 Å².